The Morgan fingerprint density at radius 1 is 1.25 bits per heavy atom. The van der Waals surface area contributed by atoms with E-state index >= 15 is 0 Å². The molecular formula is C17H29N5O2. The van der Waals surface area contributed by atoms with Crippen molar-refractivity contribution in [3.05, 3.63) is 11.9 Å². The zero-order valence-electron chi connectivity index (χ0n) is 14.8. The van der Waals surface area contributed by atoms with Gasteiger partial charge in [0, 0.05) is 32.2 Å². The summed E-state index contributed by atoms with van der Waals surface area (Å²) < 4.78 is 1.76. The van der Waals surface area contributed by atoms with Crippen LogP contribution in [0.5, 0.6) is 0 Å². The monoisotopic (exact) mass is 335 g/mol. The lowest BCUT2D eigenvalue weighted by molar-refractivity contribution is -0.132. The number of nitrogens with zero attached hydrogens (tertiary/aromatic N) is 5. The molecule has 0 aromatic carbocycles. The van der Waals surface area contributed by atoms with Gasteiger partial charge in [-0.05, 0) is 33.1 Å². The molecule has 2 fully saturated rings. The molecule has 2 aliphatic heterocycles. The van der Waals surface area contributed by atoms with Crippen LogP contribution in [0.25, 0.3) is 0 Å². The molecule has 0 unspecified atom stereocenters. The van der Waals surface area contributed by atoms with Gasteiger partial charge in [-0.25, -0.2) is 4.68 Å². The third kappa shape index (κ3) is 3.78. The first-order valence-electron chi connectivity index (χ1n) is 9.13. The summed E-state index contributed by atoms with van der Waals surface area (Å²) in [4.78, 5) is 16.5. The van der Waals surface area contributed by atoms with Crippen LogP contribution in [0.4, 0.5) is 0 Å². The number of aliphatic hydroxyl groups is 1. The molecule has 7 heteroatoms. The molecule has 0 aliphatic carbocycles. The Morgan fingerprint density at radius 3 is 2.58 bits per heavy atom. The van der Waals surface area contributed by atoms with E-state index in [1.54, 1.807) is 4.68 Å². The minimum Gasteiger partial charge on any atom is -0.382 e. The maximum Gasteiger partial charge on any atom is 0.236 e. The first-order valence-corrected chi connectivity index (χ1v) is 9.13. The Balaban J connectivity index is 1.58. The van der Waals surface area contributed by atoms with Crippen LogP contribution in [-0.2, 0) is 10.4 Å². The molecule has 1 N–H and O–H groups in total. The summed E-state index contributed by atoms with van der Waals surface area (Å²) in [5, 5.41) is 19.2. The first kappa shape index (κ1) is 17.4. The van der Waals surface area contributed by atoms with Crippen molar-refractivity contribution in [1.29, 1.82) is 0 Å². The Morgan fingerprint density at radius 2 is 1.96 bits per heavy atom. The second-order valence-corrected chi connectivity index (χ2v) is 7.46. The van der Waals surface area contributed by atoms with E-state index in [-0.39, 0.29) is 11.9 Å². The average Bonchev–Trinajstić information content (AvgIpc) is 3.08. The molecule has 7 nitrogen and oxygen atoms in total. The number of aromatic nitrogens is 3. The highest BCUT2D eigenvalue weighted by molar-refractivity contribution is 5.78. The summed E-state index contributed by atoms with van der Waals surface area (Å²) in [5.41, 5.74) is -0.382. The summed E-state index contributed by atoms with van der Waals surface area (Å²) in [6.45, 7) is 7.36. The minimum atomic E-state index is -0.994. The molecule has 1 amide bonds. The molecule has 0 bridgehead atoms. The Kier molecular flexibility index (Phi) is 5.20. The van der Waals surface area contributed by atoms with Gasteiger partial charge in [0.25, 0.3) is 0 Å². The smallest absolute Gasteiger partial charge is 0.236 e. The third-order valence-corrected chi connectivity index (χ3v) is 5.16. The Bertz CT molecular complexity index is 565. The van der Waals surface area contributed by atoms with E-state index in [0.29, 0.717) is 31.7 Å². The number of carbonyl (C=O) groups excluding carboxylic acids is 1. The van der Waals surface area contributed by atoms with Gasteiger partial charge < -0.3 is 10.0 Å². The van der Waals surface area contributed by atoms with Crippen LogP contribution in [0.2, 0.25) is 0 Å². The summed E-state index contributed by atoms with van der Waals surface area (Å²) in [6.07, 6.45) is 7.07. The Labute approximate surface area is 143 Å². The van der Waals surface area contributed by atoms with Gasteiger partial charge in [-0.3, -0.25) is 9.69 Å². The second-order valence-electron chi connectivity index (χ2n) is 7.46. The lowest BCUT2D eigenvalue weighted by Crippen LogP contribution is -2.41. The van der Waals surface area contributed by atoms with Gasteiger partial charge in [-0.15, -0.1) is 5.10 Å². The van der Waals surface area contributed by atoms with Gasteiger partial charge in [-0.1, -0.05) is 18.1 Å². The fourth-order valence-electron chi connectivity index (χ4n) is 3.57. The zero-order valence-corrected chi connectivity index (χ0v) is 14.8. The highest BCUT2D eigenvalue weighted by atomic mass is 16.3. The molecule has 0 radical (unpaired) electrons. The molecule has 2 saturated heterocycles. The van der Waals surface area contributed by atoms with Crippen LogP contribution in [0.1, 0.15) is 57.7 Å². The molecule has 0 saturated carbocycles. The van der Waals surface area contributed by atoms with Crippen molar-refractivity contribution >= 4 is 5.91 Å². The van der Waals surface area contributed by atoms with Crippen LogP contribution < -0.4 is 0 Å². The number of β-amino-alcohol motifs (C(OH)–C–C–N with tert-alkyl or cyclic N) is 1. The summed E-state index contributed by atoms with van der Waals surface area (Å²) in [5.74, 6) is 0.187. The standard InChI is InChI=1S/C17H29N5O2/c1-14(2)22-11-15(18-19-22)17(24)7-10-20(13-17)12-16(23)21-8-5-3-4-6-9-21/h11,14,24H,3-10,12-13H2,1-2H3/t17-/m0/s1. The topological polar surface area (TPSA) is 74.5 Å². The van der Waals surface area contributed by atoms with E-state index in [2.05, 4.69) is 10.3 Å². The first-order chi connectivity index (χ1) is 11.5. The van der Waals surface area contributed by atoms with Crippen LogP contribution in [0.15, 0.2) is 6.20 Å². The van der Waals surface area contributed by atoms with Gasteiger partial charge in [0.05, 0.1) is 12.7 Å². The van der Waals surface area contributed by atoms with Crippen molar-refractivity contribution in [2.45, 2.75) is 57.6 Å². The van der Waals surface area contributed by atoms with Crippen LogP contribution >= 0.6 is 0 Å². The van der Waals surface area contributed by atoms with Gasteiger partial charge >= 0.3 is 0 Å². The normalized spacial score (nSPS) is 26.1. The molecule has 2 aliphatic rings. The lowest BCUT2D eigenvalue weighted by atomic mass is 10.00. The summed E-state index contributed by atoms with van der Waals surface area (Å²) >= 11 is 0. The van der Waals surface area contributed by atoms with E-state index in [1.165, 1.54) is 12.8 Å². The maximum atomic E-state index is 12.5. The predicted octanol–water partition coefficient (Wildman–Crippen LogP) is 1.15. The second kappa shape index (κ2) is 7.19. The van der Waals surface area contributed by atoms with Crippen molar-refractivity contribution in [2.75, 3.05) is 32.7 Å². The fraction of sp³-hybridized carbons (Fsp3) is 0.824. The zero-order chi connectivity index (χ0) is 17.2. The minimum absolute atomic E-state index is 0.187. The summed E-state index contributed by atoms with van der Waals surface area (Å²) in [7, 11) is 0. The molecule has 1 aromatic rings. The van der Waals surface area contributed by atoms with E-state index < -0.39 is 5.60 Å². The molecule has 24 heavy (non-hydrogen) atoms. The number of likely N-dealkylation sites (tertiary alicyclic amines) is 2. The van der Waals surface area contributed by atoms with Crippen LogP contribution in [-0.4, -0.2) is 68.5 Å². The van der Waals surface area contributed by atoms with Gasteiger partial charge in [0.15, 0.2) is 0 Å². The van der Waals surface area contributed by atoms with Crippen molar-refractivity contribution in [3.8, 4) is 0 Å². The molecule has 3 heterocycles. The van der Waals surface area contributed by atoms with Crippen molar-refractivity contribution < 1.29 is 9.90 Å². The molecule has 1 aromatic heterocycles. The quantitative estimate of drug-likeness (QED) is 0.893. The summed E-state index contributed by atoms with van der Waals surface area (Å²) in [6, 6.07) is 0.219. The number of amides is 1. The number of hydrogen-bond donors (Lipinski definition) is 1. The highest BCUT2D eigenvalue weighted by Crippen LogP contribution is 2.30. The molecule has 3 rings (SSSR count). The average molecular weight is 335 g/mol. The van der Waals surface area contributed by atoms with E-state index in [4.69, 9.17) is 0 Å². The third-order valence-electron chi connectivity index (χ3n) is 5.16. The van der Waals surface area contributed by atoms with Crippen LogP contribution in [0, 0.1) is 0 Å². The van der Waals surface area contributed by atoms with E-state index in [1.807, 2.05) is 29.8 Å². The lowest BCUT2D eigenvalue weighted by Gasteiger charge is -2.25. The number of hydrogen-bond acceptors (Lipinski definition) is 5. The van der Waals surface area contributed by atoms with Gasteiger partial charge in [0.2, 0.25) is 5.91 Å². The Hall–Kier alpha value is -1.47. The SMILES string of the molecule is CC(C)n1cc([C@]2(O)CCN(CC(=O)N3CCCCCC3)C2)nn1. The van der Waals surface area contributed by atoms with E-state index in [0.717, 1.165) is 25.9 Å². The molecule has 1 atom stereocenters. The van der Waals surface area contributed by atoms with Crippen molar-refractivity contribution in [2.24, 2.45) is 0 Å². The van der Waals surface area contributed by atoms with Gasteiger partial charge in [0.1, 0.15) is 11.3 Å². The number of carbonyl (C=O) groups is 1. The maximum absolute atomic E-state index is 12.5. The molecule has 0 spiro atoms. The molecule has 134 valence electrons. The number of rotatable bonds is 4. The van der Waals surface area contributed by atoms with Crippen molar-refractivity contribution in [3.63, 3.8) is 0 Å². The molecular weight excluding hydrogens is 306 g/mol. The fourth-order valence-corrected chi connectivity index (χ4v) is 3.57. The van der Waals surface area contributed by atoms with Crippen molar-refractivity contribution in [1.82, 2.24) is 24.8 Å². The van der Waals surface area contributed by atoms with Crippen LogP contribution in [0.3, 0.4) is 0 Å². The van der Waals surface area contributed by atoms with Gasteiger partial charge in [-0.2, -0.15) is 0 Å². The predicted molar refractivity (Wildman–Crippen MR) is 90.4 cm³/mol. The largest absolute Gasteiger partial charge is 0.382 e. The highest BCUT2D eigenvalue weighted by Gasteiger charge is 2.41. The van der Waals surface area contributed by atoms with E-state index in [9.17, 15) is 9.90 Å².